The second-order valence-electron chi connectivity index (χ2n) is 5.46. The second kappa shape index (κ2) is 8.68. The van der Waals surface area contributed by atoms with E-state index in [-0.39, 0.29) is 6.10 Å². The third-order valence-corrected chi connectivity index (χ3v) is 4.07. The molecule has 0 radical (unpaired) electrons. The van der Waals surface area contributed by atoms with Gasteiger partial charge < -0.3 is 15.0 Å². The highest BCUT2D eigenvalue weighted by atomic mass is 35.5. The van der Waals surface area contributed by atoms with Crippen LogP contribution in [0.2, 0.25) is 5.02 Å². The fraction of sp³-hybridized carbons (Fsp3) is 0.368. The molecular weight excluding hydrogens is 308 g/mol. The number of ether oxygens (including phenoxy) is 1. The van der Waals surface area contributed by atoms with Gasteiger partial charge in [0.1, 0.15) is 11.9 Å². The molecule has 0 aliphatic carbocycles. The van der Waals surface area contributed by atoms with Crippen LogP contribution in [0.1, 0.15) is 20.8 Å². The van der Waals surface area contributed by atoms with Crippen LogP contribution in [-0.2, 0) is 0 Å². The van der Waals surface area contributed by atoms with E-state index < -0.39 is 0 Å². The molecular formula is C19H25ClN2O. The Balaban J connectivity index is 1.87. The number of rotatable bonds is 8. The Bertz CT molecular complexity index is 597. The summed E-state index contributed by atoms with van der Waals surface area (Å²) in [6.07, 6.45) is 0.0253. The Morgan fingerprint density at radius 2 is 1.70 bits per heavy atom. The topological polar surface area (TPSA) is 24.5 Å². The van der Waals surface area contributed by atoms with Gasteiger partial charge in [-0.3, -0.25) is 0 Å². The highest BCUT2D eigenvalue weighted by Crippen LogP contribution is 2.24. The number of nitrogens with zero attached hydrogens (tertiary/aromatic N) is 1. The van der Waals surface area contributed by atoms with Crippen molar-refractivity contribution in [2.45, 2.75) is 26.9 Å². The molecule has 1 unspecified atom stereocenters. The summed E-state index contributed by atoms with van der Waals surface area (Å²) in [5.41, 5.74) is 2.34. The Morgan fingerprint density at radius 1 is 1.04 bits per heavy atom. The molecule has 1 atom stereocenters. The summed E-state index contributed by atoms with van der Waals surface area (Å²) in [7, 11) is 0. The lowest BCUT2D eigenvalue weighted by atomic mass is 10.2. The molecule has 0 aromatic heterocycles. The van der Waals surface area contributed by atoms with Crippen molar-refractivity contribution in [2.24, 2.45) is 0 Å². The molecule has 0 saturated heterocycles. The van der Waals surface area contributed by atoms with E-state index >= 15 is 0 Å². The van der Waals surface area contributed by atoms with Crippen molar-refractivity contribution in [3.8, 4) is 5.75 Å². The summed E-state index contributed by atoms with van der Waals surface area (Å²) in [4.78, 5) is 2.33. The van der Waals surface area contributed by atoms with Crippen LogP contribution in [0.5, 0.6) is 5.75 Å². The van der Waals surface area contributed by atoms with Gasteiger partial charge in [0.25, 0.3) is 0 Å². The highest BCUT2D eigenvalue weighted by Gasteiger charge is 2.07. The minimum absolute atomic E-state index is 0.0253. The predicted molar refractivity (Wildman–Crippen MR) is 100 cm³/mol. The van der Waals surface area contributed by atoms with Crippen LogP contribution in [0, 0.1) is 0 Å². The highest BCUT2D eigenvalue weighted by molar-refractivity contribution is 6.32. The number of para-hydroxylation sites is 1. The minimum Gasteiger partial charge on any atom is -0.487 e. The van der Waals surface area contributed by atoms with E-state index in [9.17, 15) is 0 Å². The van der Waals surface area contributed by atoms with Gasteiger partial charge in [0.15, 0.2) is 0 Å². The number of hydrogen-bond acceptors (Lipinski definition) is 3. The molecule has 0 fully saturated rings. The summed E-state index contributed by atoms with van der Waals surface area (Å²) in [6.45, 7) is 9.13. The molecule has 124 valence electrons. The Hall–Kier alpha value is -1.87. The van der Waals surface area contributed by atoms with E-state index in [0.29, 0.717) is 5.02 Å². The predicted octanol–water partition coefficient (Wildman–Crippen LogP) is 5.07. The number of nitrogens with one attached hydrogen (secondary N) is 1. The average Bonchev–Trinajstić information content (AvgIpc) is 2.57. The zero-order valence-corrected chi connectivity index (χ0v) is 14.8. The van der Waals surface area contributed by atoms with Crippen molar-refractivity contribution in [3.63, 3.8) is 0 Å². The van der Waals surface area contributed by atoms with E-state index in [1.54, 1.807) is 0 Å². The van der Waals surface area contributed by atoms with Crippen molar-refractivity contribution >= 4 is 23.0 Å². The minimum atomic E-state index is 0.0253. The maximum absolute atomic E-state index is 6.11. The molecule has 4 heteroatoms. The summed E-state index contributed by atoms with van der Waals surface area (Å²) in [5, 5.41) is 4.04. The molecule has 0 heterocycles. The molecule has 0 spiro atoms. The first-order valence-corrected chi connectivity index (χ1v) is 8.51. The number of anilines is 2. The van der Waals surface area contributed by atoms with Crippen molar-refractivity contribution in [1.82, 2.24) is 0 Å². The molecule has 2 aromatic carbocycles. The van der Waals surface area contributed by atoms with Gasteiger partial charge in [-0.25, -0.2) is 0 Å². The van der Waals surface area contributed by atoms with Gasteiger partial charge in [0, 0.05) is 24.5 Å². The first-order chi connectivity index (χ1) is 11.1. The Labute approximate surface area is 144 Å². The fourth-order valence-electron chi connectivity index (χ4n) is 2.44. The smallest absolute Gasteiger partial charge is 0.138 e. The molecule has 23 heavy (non-hydrogen) atoms. The zero-order valence-electron chi connectivity index (χ0n) is 14.1. The molecule has 0 saturated carbocycles. The van der Waals surface area contributed by atoms with Crippen LogP contribution in [0.3, 0.4) is 0 Å². The van der Waals surface area contributed by atoms with Gasteiger partial charge in [-0.15, -0.1) is 0 Å². The normalized spacial score (nSPS) is 11.8. The molecule has 1 N–H and O–H groups in total. The van der Waals surface area contributed by atoms with Crippen molar-refractivity contribution in [1.29, 1.82) is 0 Å². The first kappa shape index (κ1) is 17.5. The van der Waals surface area contributed by atoms with Gasteiger partial charge in [-0.05, 0) is 57.2 Å². The van der Waals surface area contributed by atoms with Crippen LogP contribution in [0.15, 0.2) is 48.5 Å². The monoisotopic (exact) mass is 332 g/mol. The lowest BCUT2D eigenvalue weighted by Crippen LogP contribution is -2.23. The second-order valence-corrected chi connectivity index (χ2v) is 5.87. The summed E-state index contributed by atoms with van der Waals surface area (Å²) < 4.78 is 5.86. The Morgan fingerprint density at radius 3 is 2.30 bits per heavy atom. The van der Waals surface area contributed by atoms with E-state index in [2.05, 4.69) is 48.3 Å². The summed E-state index contributed by atoms with van der Waals surface area (Å²) in [5.74, 6) is 0.723. The average molecular weight is 333 g/mol. The van der Waals surface area contributed by atoms with Crippen LogP contribution in [-0.4, -0.2) is 25.7 Å². The molecule has 0 amide bonds. The van der Waals surface area contributed by atoms with Crippen LogP contribution in [0.25, 0.3) is 0 Å². The number of benzene rings is 2. The molecule has 0 bridgehead atoms. The third-order valence-electron chi connectivity index (χ3n) is 3.75. The van der Waals surface area contributed by atoms with Crippen molar-refractivity contribution in [3.05, 3.63) is 53.6 Å². The molecule has 2 rings (SSSR count). The van der Waals surface area contributed by atoms with Crippen LogP contribution < -0.4 is 15.0 Å². The van der Waals surface area contributed by atoms with Crippen molar-refractivity contribution < 1.29 is 4.74 Å². The SMILES string of the molecule is CCN(CC)c1ccc(NCC(C)Oc2ccccc2Cl)cc1. The van der Waals surface area contributed by atoms with Gasteiger partial charge >= 0.3 is 0 Å². The standard InChI is InChI=1S/C19H25ClN2O/c1-4-22(5-2)17-12-10-16(11-13-17)21-14-15(3)23-19-9-7-6-8-18(19)20/h6-13,15,21H,4-5,14H2,1-3H3. The van der Waals surface area contributed by atoms with Crippen LogP contribution >= 0.6 is 11.6 Å². The first-order valence-electron chi connectivity index (χ1n) is 8.14. The van der Waals surface area contributed by atoms with Crippen LogP contribution in [0.4, 0.5) is 11.4 Å². The molecule has 2 aromatic rings. The van der Waals surface area contributed by atoms with E-state index in [1.165, 1.54) is 5.69 Å². The van der Waals surface area contributed by atoms with Gasteiger partial charge in [0.2, 0.25) is 0 Å². The lowest BCUT2D eigenvalue weighted by Gasteiger charge is -2.21. The van der Waals surface area contributed by atoms with Gasteiger partial charge in [-0.1, -0.05) is 23.7 Å². The van der Waals surface area contributed by atoms with E-state index in [4.69, 9.17) is 16.3 Å². The maximum atomic E-state index is 6.11. The molecule has 3 nitrogen and oxygen atoms in total. The molecule has 0 aliphatic rings. The van der Waals surface area contributed by atoms with Gasteiger partial charge in [-0.2, -0.15) is 0 Å². The largest absolute Gasteiger partial charge is 0.487 e. The number of hydrogen-bond donors (Lipinski definition) is 1. The van der Waals surface area contributed by atoms with E-state index in [0.717, 1.165) is 31.1 Å². The molecule has 0 aliphatic heterocycles. The lowest BCUT2D eigenvalue weighted by molar-refractivity contribution is 0.235. The quantitative estimate of drug-likeness (QED) is 0.730. The Kier molecular flexibility index (Phi) is 6.60. The summed E-state index contributed by atoms with van der Waals surface area (Å²) >= 11 is 6.11. The zero-order chi connectivity index (χ0) is 16.7. The third kappa shape index (κ3) is 5.07. The van der Waals surface area contributed by atoms with Crippen molar-refractivity contribution in [2.75, 3.05) is 29.9 Å². The summed E-state index contributed by atoms with van der Waals surface area (Å²) in [6, 6.07) is 16.1. The number of halogens is 1. The fourth-order valence-corrected chi connectivity index (χ4v) is 2.62. The maximum Gasteiger partial charge on any atom is 0.138 e. The van der Waals surface area contributed by atoms with Gasteiger partial charge in [0.05, 0.1) is 11.6 Å². The van der Waals surface area contributed by atoms with E-state index in [1.807, 2.05) is 31.2 Å².